The van der Waals surface area contributed by atoms with Crippen LogP contribution in [0.4, 0.5) is 0 Å². The number of hydrogen-bond acceptors (Lipinski definition) is 5. The first-order chi connectivity index (χ1) is 9.18. The van der Waals surface area contributed by atoms with Crippen LogP contribution in [0.5, 0.6) is 0 Å². The third-order valence-corrected chi connectivity index (χ3v) is 6.33. The second-order valence-corrected chi connectivity index (χ2v) is 9.52. The fourth-order valence-corrected chi connectivity index (χ4v) is 3.83. The predicted octanol–water partition coefficient (Wildman–Crippen LogP) is -0.765. The molecule has 120 valence electrons. The monoisotopic (exact) mass is 327 g/mol. The maximum atomic E-state index is 11.8. The van der Waals surface area contributed by atoms with Crippen molar-refractivity contribution in [3.05, 3.63) is 0 Å². The molecule has 7 nitrogen and oxygen atoms in total. The number of hydrogen-bond donors (Lipinski definition) is 3. The highest BCUT2D eigenvalue weighted by molar-refractivity contribution is 7.90. The molecule has 0 aromatic rings. The minimum Gasteiger partial charge on any atom is -0.317 e. The molecule has 0 saturated carbocycles. The van der Waals surface area contributed by atoms with E-state index in [1.807, 2.05) is 0 Å². The van der Waals surface area contributed by atoms with Gasteiger partial charge in [0.15, 0.2) is 0 Å². The molecule has 0 aromatic heterocycles. The van der Waals surface area contributed by atoms with Crippen LogP contribution < -0.4 is 14.8 Å². The van der Waals surface area contributed by atoms with Gasteiger partial charge in [-0.1, -0.05) is 6.92 Å². The van der Waals surface area contributed by atoms with Crippen molar-refractivity contribution < 1.29 is 16.8 Å². The van der Waals surface area contributed by atoms with Crippen LogP contribution in [0.25, 0.3) is 0 Å². The van der Waals surface area contributed by atoms with Crippen LogP contribution in [-0.4, -0.2) is 54.5 Å². The lowest BCUT2D eigenvalue weighted by Crippen LogP contribution is -2.44. The van der Waals surface area contributed by atoms with Crippen molar-refractivity contribution >= 4 is 20.0 Å². The molecule has 20 heavy (non-hydrogen) atoms. The Hall–Kier alpha value is -0.220. The molecular weight excluding hydrogens is 302 g/mol. The first-order valence-electron chi connectivity index (χ1n) is 6.83. The molecular formula is C11H25N3O4S2. The average Bonchev–Trinajstić information content (AvgIpc) is 2.37. The van der Waals surface area contributed by atoms with Crippen molar-refractivity contribution in [2.24, 2.45) is 5.41 Å². The van der Waals surface area contributed by atoms with Gasteiger partial charge in [-0.05, 0) is 38.3 Å². The Morgan fingerprint density at radius 1 is 1.05 bits per heavy atom. The highest BCUT2D eigenvalue weighted by Crippen LogP contribution is 2.26. The van der Waals surface area contributed by atoms with Gasteiger partial charge >= 0.3 is 0 Å². The van der Waals surface area contributed by atoms with E-state index in [-0.39, 0.29) is 23.5 Å². The molecule has 1 heterocycles. The summed E-state index contributed by atoms with van der Waals surface area (Å²) >= 11 is 0. The number of piperidine rings is 1. The van der Waals surface area contributed by atoms with E-state index in [1.165, 1.54) is 6.92 Å². The third kappa shape index (κ3) is 6.49. The summed E-state index contributed by atoms with van der Waals surface area (Å²) in [5.74, 6) is -0.286. The number of sulfonamides is 2. The summed E-state index contributed by atoms with van der Waals surface area (Å²) < 4.78 is 50.9. The first-order valence-corrected chi connectivity index (χ1v) is 10.1. The van der Waals surface area contributed by atoms with Gasteiger partial charge in [-0.2, -0.15) is 0 Å². The Morgan fingerprint density at radius 3 is 2.20 bits per heavy atom. The van der Waals surface area contributed by atoms with Crippen molar-refractivity contribution in [3.63, 3.8) is 0 Å². The van der Waals surface area contributed by atoms with Crippen LogP contribution in [0.3, 0.4) is 0 Å². The van der Waals surface area contributed by atoms with E-state index >= 15 is 0 Å². The van der Waals surface area contributed by atoms with Crippen LogP contribution >= 0.6 is 0 Å². The fraction of sp³-hybridized carbons (Fsp3) is 1.00. The summed E-state index contributed by atoms with van der Waals surface area (Å²) in [6, 6.07) is 0. The molecule has 0 spiro atoms. The molecule has 0 radical (unpaired) electrons. The van der Waals surface area contributed by atoms with Gasteiger partial charge in [-0.25, -0.2) is 26.3 Å². The molecule has 1 rings (SSSR count). The zero-order valence-electron chi connectivity index (χ0n) is 12.1. The van der Waals surface area contributed by atoms with E-state index in [9.17, 15) is 16.8 Å². The fourth-order valence-electron chi connectivity index (χ4n) is 2.00. The normalized spacial score (nSPS) is 19.9. The van der Waals surface area contributed by atoms with E-state index in [0.29, 0.717) is 6.54 Å². The molecule has 1 saturated heterocycles. The van der Waals surface area contributed by atoms with Gasteiger partial charge in [0.25, 0.3) is 0 Å². The third-order valence-electron chi connectivity index (χ3n) is 3.60. The molecule has 0 unspecified atom stereocenters. The van der Waals surface area contributed by atoms with E-state index in [0.717, 1.165) is 25.9 Å². The van der Waals surface area contributed by atoms with Crippen molar-refractivity contribution in [1.29, 1.82) is 0 Å². The quantitative estimate of drug-likeness (QED) is 0.543. The first kappa shape index (κ1) is 17.8. The van der Waals surface area contributed by atoms with Gasteiger partial charge in [0.1, 0.15) is 0 Å². The minimum atomic E-state index is -3.45. The van der Waals surface area contributed by atoms with Crippen LogP contribution in [-0.2, 0) is 20.0 Å². The Labute approximate surface area is 122 Å². The minimum absolute atomic E-state index is 0.0265. The van der Waals surface area contributed by atoms with Gasteiger partial charge in [0, 0.05) is 13.1 Å². The lowest BCUT2D eigenvalue weighted by Gasteiger charge is -2.34. The van der Waals surface area contributed by atoms with Gasteiger partial charge < -0.3 is 5.32 Å². The maximum absolute atomic E-state index is 11.8. The SMILES string of the molecule is CCS(=O)(=O)NCCS(=O)(=O)NCC1(C)CCNCC1. The van der Waals surface area contributed by atoms with Crippen LogP contribution in [0.15, 0.2) is 0 Å². The molecule has 1 aliphatic rings. The summed E-state index contributed by atoms with van der Waals surface area (Å²) in [6.07, 6.45) is 1.86. The molecule has 9 heteroatoms. The summed E-state index contributed by atoms with van der Waals surface area (Å²) in [4.78, 5) is 0. The topological polar surface area (TPSA) is 104 Å². The summed E-state index contributed by atoms with van der Waals surface area (Å²) in [5.41, 5.74) is -0.0265. The average molecular weight is 327 g/mol. The van der Waals surface area contributed by atoms with E-state index in [2.05, 4.69) is 21.7 Å². The Bertz CT molecular complexity index is 496. The van der Waals surface area contributed by atoms with Gasteiger partial charge in [0.05, 0.1) is 11.5 Å². The molecule has 1 fully saturated rings. The highest BCUT2D eigenvalue weighted by atomic mass is 32.2. The molecule has 0 aliphatic carbocycles. The smallest absolute Gasteiger partial charge is 0.212 e. The van der Waals surface area contributed by atoms with Crippen LogP contribution in [0.1, 0.15) is 26.7 Å². The molecule has 0 amide bonds. The summed E-state index contributed by atoms with van der Waals surface area (Å²) in [6.45, 7) is 5.67. The van der Waals surface area contributed by atoms with Gasteiger partial charge in [-0.3, -0.25) is 0 Å². The molecule has 0 bridgehead atoms. The van der Waals surface area contributed by atoms with Gasteiger partial charge in [0.2, 0.25) is 20.0 Å². The Kier molecular flexibility index (Phi) is 6.39. The molecule has 0 aromatic carbocycles. The van der Waals surface area contributed by atoms with Gasteiger partial charge in [-0.15, -0.1) is 0 Å². The van der Waals surface area contributed by atoms with Crippen molar-refractivity contribution in [1.82, 2.24) is 14.8 Å². The van der Waals surface area contributed by atoms with Crippen molar-refractivity contribution in [2.45, 2.75) is 26.7 Å². The second-order valence-electron chi connectivity index (χ2n) is 5.50. The van der Waals surface area contributed by atoms with Crippen LogP contribution in [0.2, 0.25) is 0 Å². The summed E-state index contributed by atoms with van der Waals surface area (Å²) in [5, 5.41) is 3.24. The highest BCUT2D eigenvalue weighted by Gasteiger charge is 2.28. The lowest BCUT2D eigenvalue weighted by molar-refractivity contribution is 0.232. The zero-order chi connectivity index (χ0) is 15.3. The van der Waals surface area contributed by atoms with E-state index < -0.39 is 20.0 Å². The standard InChI is InChI=1S/C11H25N3O4S2/c1-3-19(15,16)13-8-9-20(17,18)14-10-11(2)4-6-12-7-5-11/h12-14H,3-10H2,1-2H3. The largest absolute Gasteiger partial charge is 0.317 e. The molecule has 3 N–H and O–H groups in total. The molecule has 1 aliphatic heterocycles. The van der Waals surface area contributed by atoms with E-state index in [1.54, 1.807) is 0 Å². The number of rotatable bonds is 8. The van der Waals surface area contributed by atoms with Crippen molar-refractivity contribution in [2.75, 3.05) is 37.7 Å². The Morgan fingerprint density at radius 2 is 1.65 bits per heavy atom. The number of nitrogens with one attached hydrogen (secondary N) is 3. The zero-order valence-corrected chi connectivity index (χ0v) is 13.7. The molecule has 0 atom stereocenters. The maximum Gasteiger partial charge on any atom is 0.212 e. The predicted molar refractivity (Wildman–Crippen MR) is 79.5 cm³/mol. The lowest BCUT2D eigenvalue weighted by atomic mass is 9.81. The summed E-state index contributed by atoms with van der Waals surface area (Å²) in [7, 11) is -6.79. The second kappa shape index (κ2) is 7.17. The van der Waals surface area contributed by atoms with E-state index in [4.69, 9.17) is 0 Å². The van der Waals surface area contributed by atoms with Crippen LogP contribution in [0, 0.1) is 5.41 Å². The Balaban J connectivity index is 2.38. The van der Waals surface area contributed by atoms with Crippen molar-refractivity contribution in [3.8, 4) is 0 Å².